The molecule has 174 valence electrons. The van der Waals surface area contributed by atoms with Crippen LogP contribution in [0.4, 0.5) is 5.69 Å². The molecule has 7 heteroatoms. The van der Waals surface area contributed by atoms with Gasteiger partial charge >= 0.3 is 0 Å². The maximum absolute atomic E-state index is 13.8. The van der Waals surface area contributed by atoms with Crippen molar-refractivity contribution >= 4 is 28.5 Å². The van der Waals surface area contributed by atoms with Gasteiger partial charge in [-0.05, 0) is 42.2 Å². The molecule has 4 aromatic rings. The quantitative estimate of drug-likeness (QED) is 0.406. The lowest BCUT2D eigenvalue weighted by Crippen LogP contribution is -2.45. The van der Waals surface area contributed by atoms with Crippen LogP contribution in [0.2, 0.25) is 0 Å². The van der Waals surface area contributed by atoms with Gasteiger partial charge in [0.25, 0.3) is 0 Å². The van der Waals surface area contributed by atoms with E-state index in [1.165, 1.54) is 0 Å². The maximum atomic E-state index is 13.8. The van der Waals surface area contributed by atoms with Crippen LogP contribution >= 0.6 is 0 Å². The topological polar surface area (TPSA) is 80.1 Å². The number of para-hydroxylation sites is 2. The Morgan fingerprint density at radius 3 is 2.26 bits per heavy atom. The predicted molar refractivity (Wildman–Crippen MR) is 133 cm³/mol. The van der Waals surface area contributed by atoms with Crippen LogP contribution in [0, 0.1) is 5.92 Å². The first-order chi connectivity index (χ1) is 16.5. The molecule has 4 rings (SSSR count). The lowest BCUT2D eigenvalue weighted by atomic mass is 10.0. The van der Waals surface area contributed by atoms with E-state index >= 15 is 0 Å². The van der Waals surface area contributed by atoms with Crippen molar-refractivity contribution in [2.45, 2.75) is 32.9 Å². The number of anilines is 1. The average molecular weight is 456 g/mol. The second kappa shape index (κ2) is 10.7. The average Bonchev–Trinajstić information content (AvgIpc) is 3.26. The van der Waals surface area contributed by atoms with Crippen LogP contribution in [0.25, 0.3) is 11.0 Å². The van der Waals surface area contributed by atoms with Gasteiger partial charge in [-0.2, -0.15) is 0 Å². The van der Waals surface area contributed by atoms with Gasteiger partial charge in [-0.3, -0.25) is 14.5 Å². The number of fused-ring (bicyclic) bond motifs is 1. The van der Waals surface area contributed by atoms with Crippen LogP contribution in [0.3, 0.4) is 0 Å². The van der Waals surface area contributed by atoms with E-state index in [9.17, 15) is 9.59 Å². The molecule has 1 aromatic heterocycles. The first-order valence-electron chi connectivity index (χ1n) is 11.5. The smallest absolute Gasteiger partial charge is 0.249 e. The minimum Gasteiger partial charge on any atom is -0.354 e. The molecule has 0 aliphatic carbocycles. The number of aromatic nitrogens is 3. The Morgan fingerprint density at radius 1 is 0.912 bits per heavy atom. The van der Waals surface area contributed by atoms with E-state index in [0.29, 0.717) is 23.7 Å². The Bertz CT molecular complexity index is 1240. The van der Waals surface area contributed by atoms with E-state index in [1.807, 2.05) is 84.9 Å². The van der Waals surface area contributed by atoms with Crippen LogP contribution in [0.15, 0.2) is 84.9 Å². The van der Waals surface area contributed by atoms with Gasteiger partial charge in [0.05, 0.1) is 5.52 Å². The third-order valence-electron chi connectivity index (χ3n) is 5.65. The summed E-state index contributed by atoms with van der Waals surface area (Å²) in [6.45, 7) is 4.73. The highest BCUT2D eigenvalue weighted by Gasteiger charge is 2.33. The van der Waals surface area contributed by atoms with E-state index in [4.69, 9.17) is 0 Å². The zero-order valence-electron chi connectivity index (χ0n) is 19.5. The van der Waals surface area contributed by atoms with Crippen molar-refractivity contribution in [3.63, 3.8) is 0 Å². The van der Waals surface area contributed by atoms with Crippen molar-refractivity contribution in [3.8, 4) is 0 Å². The van der Waals surface area contributed by atoms with E-state index in [1.54, 1.807) is 9.58 Å². The number of carbonyl (C=O) groups excluding carboxylic acids is 2. The number of hydrogen-bond donors (Lipinski definition) is 1. The Labute approximate surface area is 199 Å². The van der Waals surface area contributed by atoms with Gasteiger partial charge < -0.3 is 5.32 Å². The monoisotopic (exact) mass is 455 g/mol. The number of benzene rings is 3. The van der Waals surface area contributed by atoms with Gasteiger partial charge in [0, 0.05) is 12.2 Å². The first-order valence-corrected chi connectivity index (χ1v) is 11.5. The van der Waals surface area contributed by atoms with E-state index in [2.05, 4.69) is 29.5 Å². The Morgan fingerprint density at radius 2 is 1.56 bits per heavy atom. The van der Waals surface area contributed by atoms with Gasteiger partial charge in [-0.15, -0.1) is 5.10 Å². The summed E-state index contributed by atoms with van der Waals surface area (Å²) in [5.74, 6) is -0.00912. The standard InChI is InChI=1S/C27H29N5O2/c1-20(2)17-18-28-27(34)26(21-11-5-3-6-12-21)32(22-13-7-4-8-14-22)25(33)19-31-24-16-10-9-15-23(24)29-30-31/h3-16,20,26H,17-19H2,1-2H3,(H,28,34)/t26-/m1/s1. The van der Waals surface area contributed by atoms with Crippen LogP contribution in [0.1, 0.15) is 31.9 Å². The van der Waals surface area contributed by atoms with Gasteiger partial charge in [-0.1, -0.05) is 79.7 Å². The summed E-state index contributed by atoms with van der Waals surface area (Å²) in [7, 11) is 0. The van der Waals surface area contributed by atoms with Crippen molar-refractivity contribution in [2.24, 2.45) is 5.92 Å². The fourth-order valence-electron chi connectivity index (χ4n) is 3.90. The third kappa shape index (κ3) is 5.31. The molecule has 0 spiro atoms. The van der Waals surface area contributed by atoms with Crippen LogP contribution in [-0.2, 0) is 16.1 Å². The minimum atomic E-state index is -0.821. The van der Waals surface area contributed by atoms with Crippen LogP contribution < -0.4 is 10.2 Å². The number of nitrogens with zero attached hydrogens (tertiary/aromatic N) is 4. The van der Waals surface area contributed by atoms with Crippen molar-refractivity contribution in [1.29, 1.82) is 0 Å². The molecule has 1 heterocycles. The molecule has 0 aliphatic rings. The van der Waals surface area contributed by atoms with Gasteiger partial charge in [0.1, 0.15) is 18.1 Å². The highest BCUT2D eigenvalue weighted by molar-refractivity contribution is 6.01. The summed E-state index contributed by atoms with van der Waals surface area (Å²) in [4.78, 5) is 28.9. The molecule has 0 saturated carbocycles. The lowest BCUT2D eigenvalue weighted by Gasteiger charge is -2.31. The molecular formula is C27H29N5O2. The molecule has 0 bridgehead atoms. The first kappa shape index (κ1) is 23.2. The normalized spacial score (nSPS) is 12.0. The van der Waals surface area contributed by atoms with E-state index in [0.717, 1.165) is 17.5 Å². The molecule has 1 N–H and O–H groups in total. The van der Waals surface area contributed by atoms with Crippen LogP contribution in [-0.4, -0.2) is 33.4 Å². The highest BCUT2D eigenvalue weighted by atomic mass is 16.2. The molecular weight excluding hydrogens is 426 g/mol. The summed E-state index contributed by atoms with van der Waals surface area (Å²) >= 11 is 0. The highest BCUT2D eigenvalue weighted by Crippen LogP contribution is 2.28. The molecule has 3 aromatic carbocycles. The number of carbonyl (C=O) groups is 2. The number of nitrogens with one attached hydrogen (secondary N) is 1. The van der Waals surface area contributed by atoms with Crippen LogP contribution in [0.5, 0.6) is 0 Å². The number of hydrogen-bond acceptors (Lipinski definition) is 4. The van der Waals surface area contributed by atoms with Crippen molar-refractivity contribution in [1.82, 2.24) is 20.3 Å². The van der Waals surface area contributed by atoms with E-state index in [-0.39, 0.29) is 18.4 Å². The van der Waals surface area contributed by atoms with Crippen molar-refractivity contribution < 1.29 is 9.59 Å². The Kier molecular flexibility index (Phi) is 7.32. The van der Waals surface area contributed by atoms with Gasteiger partial charge in [0.15, 0.2) is 0 Å². The molecule has 0 radical (unpaired) electrons. The maximum Gasteiger partial charge on any atom is 0.249 e. The SMILES string of the molecule is CC(C)CCNC(=O)[C@@H](c1ccccc1)N(C(=O)Cn1nnc2ccccc21)c1ccccc1. The van der Waals surface area contributed by atoms with Crippen molar-refractivity contribution in [3.05, 3.63) is 90.5 Å². The second-order valence-electron chi connectivity index (χ2n) is 8.62. The molecule has 1 atom stereocenters. The van der Waals surface area contributed by atoms with Gasteiger partial charge in [0.2, 0.25) is 11.8 Å². The molecule has 34 heavy (non-hydrogen) atoms. The fraction of sp³-hybridized carbons (Fsp3) is 0.259. The predicted octanol–water partition coefficient (Wildman–Crippen LogP) is 4.37. The molecule has 0 unspecified atom stereocenters. The van der Waals surface area contributed by atoms with Crippen molar-refractivity contribution in [2.75, 3.05) is 11.4 Å². The molecule has 0 fully saturated rings. The number of amides is 2. The summed E-state index contributed by atoms with van der Waals surface area (Å²) in [5.41, 5.74) is 2.86. The van der Waals surface area contributed by atoms with Gasteiger partial charge in [-0.25, -0.2) is 4.68 Å². The number of rotatable bonds is 9. The molecule has 0 saturated heterocycles. The largest absolute Gasteiger partial charge is 0.354 e. The molecule has 2 amide bonds. The third-order valence-corrected chi connectivity index (χ3v) is 5.65. The lowest BCUT2D eigenvalue weighted by molar-refractivity contribution is -0.127. The minimum absolute atomic E-state index is 0.0436. The molecule has 0 aliphatic heterocycles. The summed E-state index contributed by atoms with van der Waals surface area (Å²) in [6, 6.07) is 25.4. The molecule has 7 nitrogen and oxygen atoms in total. The second-order valence-corrected chi connectivity index (χ2v) is 8.62. The Balaban J connectivity index is 1.72. The van der Waals surface area contributed by atoms with E-state index < -0.39 is 6.04 Å². The fourth-order valence-corrected chi connectivity index (χ4v) is 3.90. The Hall–Kier alpha value is -4.00. The zero-order valence-corrected chi connectivity index (χ0v) is 19.5. The summed E-state index contributed by atoms with van der Waals surface area (Å²) in [6.07, 6.45) is 0.859. The summed E-state index contributed by atoms with van der Waals surface area (Å²) in [5, 5.41) is 11.4. The zero-order chi connectivity index (χ0) is 23.9. The summed E-state index contributed by atoms with van der Waals surface area (Å²) < 4.78 is 1.58.